The SMILES string of the molecule is N#Cc1cc(-c2cccc(N3c4ccccc4N(c4ccccc4)c4ccccc43)c2)ccn1.N#Cc1ccc(-c2ccccc2N2c3ccccc3N(c3ccccc3)c3ccccc32)nc1.N#Cc1cccc(-c2ccccc2N2c3ccccc3N(c3ccccc3)c3ccccc32)n1.N#Cc1ccnc(C#N)c1-c1cccc(N2c3ccccc3N(c3ccccc3)c3ccccc32)c1. The summed E-state index contributed by atoms with van der Waals surface area (Å²) >= 11 is 0. The van der Waals surface area contributed by atoms with Crippen LogP contribution < -0.4 is 39.2 Å². The molecule has 4 aliphatic rings. The molecule has 0 fully saturated rings. The second-order valence-electron chi connectivity index (χ2n) is 32.5. The molecule has 17 nitrogen and oxygen atoms in total. The zero-order valence-corrected chi connectivity index (χ0v) is 74.2. The first-order valence-electron chi connectivity index (χ1n) is 45.0. The summed E-state index contributed by atoms with van der Waals surface area (Å²) in [5.74, 6) is 0. The van der Waals surface area contributed by atoms with Gasteiger partial charge in [-0.1, -0.05) is 237 Å². The highest BCUT2D eigenvalue weighted by atomic mass is 15.3. The lowest BCUT2D eigenvalue weighted by molar-refractivity contribution is 1.17. The Labute approximate surface area is 799 Å². The molecule has 0 N–H and O–H groups in total. The normalized spacial score (nSPS) is 11.9. The van der Waals surface area contributed by atoms with Crippen LogP contribution in [-0.4, -0.2) is 19.9 Å². The number of aromatic nitrogens is 4. The minimum Gasteiger partial charge on any atom is -0.306 e. The standard InChI is InChI=1S/C31H19N5.3C30H20N4/c32-20-23-17-18-34-26(21-33)31(23)22-9-8-12-25(19-22)36-29-15-6-4-13-27(29)35(24-10-2-1-3-11-24)28-14-5-7-16-30(28)36;31-21-24-19-23(17-18-32-24)22-9-8-12-26(20-22)34-29-15-6-4-13-27(29)33(25-10-2-1-3-11-25)28-14-5-7-16-30(28)34;31-21-22-11-10-15-25(32-22)24-14-4-5-16-26(24)34-29-19-8-6-17-27(29)33(23-12-2-1-3-13-23)28-18-7-9-20-30(28)34;31-20-22-18-19-25(32-21-22)24-12-4-5-13-26(24)34-29-16-8-6-14-27(29)33(23-10-2-1-3-11-23)28-15-7-9-17-30(28)34/h1-19H;2*1-20H;1-19,21H. The number of anilines is 24. The van der Waals surface area contributed by atoms with E-state index in [0.29, 0.717) is 28.1 Å². The Kier molecular flexibility index (Phi) is 23.5. The molecule has 0 saturated carbocycles. The molecule has 24 rings (SSSR count). The van der Waals surface area contributed by atoms with Crippen LogP contribution in [0, 0.1) is 56.7 Å². The van der Waals surface area contributed by atoms with Crippen molar-refractivity contribution in [3.05, 3.63) is 508 Å². The van der Waals surface area contributed by atoms with Gasteiger partial charge >= 0.3 is 0 Å². The summed E-state index contributed by atoms with van der Waals surface area (Å²) in [6.45, 7) is 0. The molecular formula is C121H79N17. The second kappa shape index (κ2) is 38.2. The van der Waals surface area contributed by atoms with Gasteiger partial charge in [0.1, 0.15) is 41.4 Å². The van der Waals surface area contributed by atoms with Gasteiger partial charge in [0.15, 0.2) is 0 Å². The summed E-state index contributed by atoms with van der Waals surface area (Å²) in [7, 11) is 0. The number of nitrogens with zero attached hydrogens (tertiary/aromatic N) is 17. The molecule has 16 aromatic carbocycles. The Morgan fingerprint density at radius 2 is 0.493 bits per heavy atom. The lowest BCUT2D eigenvalue weighted by Crippen LogP contribution is -2.24. The van der Waals surface area contributed by atoms with Gasteiger partial charge in [0.25, 0.3) is 0 Å². The van der Waals surface area contributed by atoms with Gasteiger partial charge in [0.2, 0.25) is 0 Å². The van der Waals surface area contributed by atoms with Crippen LogP contribution in [0.4, 0.5) is 136 Å². The lowest BCUT2D eigenvalue weighted by atomic mass is 9.97. The minimum absolute atomic E-state index is 0.237. The maximum atomic E-state index is 9.71. The molecule has 0 atom stereocenters. The Balaban J connectivity index is 0.000000110. The van der Waals surface area contributed by atoms with E-state index in [-0.39, 0.29) is 5.69 Å². The summed E-state index contributed by atoms with van der Waals surface area (Å²) in [4.78, 5) is 35.8. The van der Waals surface area contributed by atoms with E-state index in [1.807, 2.05) is 140 Å². The predicted molar refractivity (Wildman–Crippen MR) is 554 cm³/mol. The molecule has 20 aromatic rings. The van der Waals surface area contributed by atoms with Crippen molar-refractivity contribution in [1.82, 2.24) is 19.9 Å². The lowest BCUT2D eigenvalue weighted by Gasteiger charge is -2.40. The van der Waals surface area contributed by atoms with Crippen molar-refractivity contribution < 1.29 is 0 Å². The van der Waals surface area contributed by atoms with Crippen LogP contribution in [0.2, 0.25) is 0 Å². The molecular weight excluding hydrogens is 1690 g/mol. The number of pyridine rings is 4. The molecule has 0 amide bonds. The fourth-order valence-corrected chi connectivity index (χ4v) is 18.5. The van der Waals surface area contributed by atoms with E-state index in [2.05, 4.69) is 399 Å². The molecule has 0 unspecified atom stereocenters. The second-order valence-corrected chi connectivity index (χ2v) is 32.5. The van der Waals surface area contributed by atoms with Crippen molar-refractivity contribution in [3.8, 4) is 75.1 Å². The zero-order valence-electron chi connectivity index (χ0n) is 74.2. The monoisotopic (exact) mass is 1770 g/mol. The Hall–Kier alpha value is -20.0. The third-order valence-electron chi connectivity index (χ3n) is 24.4. The van der Waals surface area contributed by atoms with Crippen LogP contribution in [0.3, 0.4) is 0 Å². The molecule has 8 heterocycles. The number of para-hydroxylation sites is 22. The van der Waals surface area contributed by atoms with E-state index >= 15 is 0 Å². The molecule has 0 bridgehead atoms. The highest BCUT2D eigenvalue weighted by Crippen LogP contribution is 2.60. The average molecular weight is 1770 g/mol. The number of fused-ring (bicyclic) bond motifs is 8. The largest absolute Gasteiger partial charge is 0.306 e. The molecule has 17 heteroatoms. The van der Waals surface area contributed by atoms with Gasteiger partial charge in [-0.25, -0.2) is 15.0 Å². The maximum absolute atomic E-state index is 9.71. The van der Waals surface area contributed by atoms with Crippen LogP contribution >= 0.6 is 0 Å². The molecule has 0 saturated heterocycles. The van der Waals surface area contributed by atoms with Gasteiger partial charge in [-0.15, -0.1) is 0 Å². The van der Waals surface area contributed by atoms with Gasteiger partial charge in [-0.3, -0.25) is 4.98 Å². The Morgan fingerprint density at radius 3 is 0.841 bits per heavy atom. The molecule has 0 radical (unpaired) electrons. The fraction of sp³-hybridized carbons (Fsp3) is 0. The first-order chi connectivity index (χ1) is 68.3. The smallest absolute Gasteiger partial charge is 0.149 e. The minimum atomic E-state index is 0.237. The van der Waals surface area contributed by atoms with E-state index < -0.39 is 0 Å². The van der Waals surface area contributed by atoms with Gasteiger partial charge in [-0.05, 0) is 241 Å². The first-order valence-corrected chi connectivity index (χ1v) is 45.0. The molecule has 138 heavy (non-hydrogen) atoms. The number of benzene rings is 16. The van der Waals surface area contributed by atoms with Crippen LogP contribution in [0.1, 0.15) is 28.2 Å². The van der Waals surface area contributed by atoms with Crippen molar-refractivity contribution in [2.75, 3.05) is 39.2 Å². The van der Waals surface area contributed by atoms with Crippen molar-refractivity contribution in [2.45, 2.75) is 0 Å². The maximum Gasteiger partial charge on any atom is 0.149 e. The Morgan fingerprint density at radius 1 is 0.188 bits per heavy atom. The molecule has 4 aliphatic heterocycles. The number of hydrogen-bond donors (Lipinski definition) is 0. The van der Waals surface area contributed by atoms with E-state index in [9.17, 15) is 26.3 Å². The fourth-order valence-electron chi connectivity index (χ4n) is 18.5. The van der Waals surface area contributed by atoms with E-state index in [0.717, 1.165) is 176 Å². The molecule has 648 valence electrons. The van der Waals surface area contributed by atoms with Crippen LogP contribution in [0.5, 0.6) is 0 Å². The highest BCUT2D eigenvalue weighted by molar-refractivity contribution is 6.08. The van der Waals surface area contributed by atoms with Crippen LogP contribution in [0.25, 0.3) is 44.8 Å². The van der Waals surface area contributed by atoms with Gasteiger partial charge in [0, 0.05) is 69.4 Å². The average Bonchev–Trinajstić information content (AvgIpc) is 0.754. The summed E-state index contributed by atoms with van der Waals surface area (Å²) in [5, 5.41) is 47.3. The number of nitriles is 5. The molecule has 4 aromatic heterocycles. The zero-order chi connectivity index (χ0) is 93.2. The van der Waals surface area contributed by atoms with Gasteiger partial charge in [0.05, 0.1) is 131 Å². The van der Waals surface area contributed by atoms with Crippen molar-refractivity contribution in [1.29, 1.82) is 26.3 Å². The van der Waals surface area contributed by atoms with Crippen LogP contribution in [-0.2, 0) is 0 Å². The number of rotatable bonds is 12. The third kappa shape index (κ3) is 16.2. The predicted octanol–water partition coefficient (Wildman–Crippen LogP) is 31.4. The van der Waals surface area contributed by atoms with E-state index in [4.69, 9.17) is 0 Å². The van der Waals surface area contributed by atoms with Crippen molar-refractivity contribution in [2.24, 2.45) is 0 Å². The topological polar surface area (TPSA) is 196 Å². The third-order valence-corrected chi connectivity index (χ3v) is 24.4. The summed E-state index contributed by atoms with van der Waals surface area (Å²) < 4.78 is 0. The summed E-state index contributed by atoms with van der Waals surface area (Å²) in [6, 6.07) is 167. The molecule has 0 spiro atoms. The molecule has 0 aliphatic carbocycles. The van der Waals surface area contributed by atoms with Gasteiger partial charge in [-0.2, -0.15) is 26.3 Å². The summed E-state index contributed by atoms with van der Waals surface area (Å²) in [5.41, 5.74) is 34.8. The van der Waals surface area contributed by atoms with Crippen LogP contribution in [0.15, 0.2) is 480 Å². The van der Waals surface area contributed by atoms with Gasteiger partial charge < -0.3 is 39.2 Å². The quantitative estimate of drug-likeness (QED) is 0.112. The van der Waals surface area contributed by atoms with E-state index in [1.54, 1.807) is 24.5 Å². The first kappa shape index (κ1) is 84.8. The van der Waals surface area contributed by atoms with E-state index in [1.165, 1.54) is 6.20 Å². The highest BCUT2D eigenvalue weighted by Gasteiger charge is 2.37. The Bertz CT molecular complexity index is 7950. The van der Waals surface area contributed by atoms with Crippen molar-refractivity contribution in [3.63, 3.8) is 0 Å². The number of hydrogen-bond acceptors (Lipinski definition) is 17. The summed E-state index contributed by atoms with van der Waals surface area (Å²) in [6.07, 6.45) is 4.81. The van der Waals surface area contributed by atoms with Crippen molar-refractivity contribution >= 4 is 136 Å².